The molecule has 0 aromatic heterocycles. The van der Waals surface area contributed by atoms with Gasteiger partial charge in [0.15, 0.2) is 0 Å². The summed E-state index contributed by atoms with van der Waals surface area (Å²) < 4.78 is 39.9. The van der Waals surface area contributed by atoms with Gasteiger partial charge in [0.05, 0.1) is 18.4 Å². The quantitative estimate of drug-likeness (QED) is 0.218. The Bertz CT molecular complexity index is 1450. The molecule has 4 N–H and O–H groups in total. The summed E-state index contributed by atoms with van der Waals surface area (Å²) in [4.78, 5) is 27.1. The maximum absolute atomic E-state index is 13.5. The van der Waals surface area contributed by atoms with Gasteiger partial charge in [0, 0.05) is 28.2 Å². The van der Waals surface area contributed by atoms with Gasteiger partial charge in [-0.2, -0.15) is 0 Å². The van der Waals surface area contributed by atoms with Crippen molar-refractivity contribution in [1.82, 2.24) is 15.4 Å². The van der Waals surface area contributed by atoms with Crippen molar-refractivity contribution in [2.75, 3.05) is 12.0 Å². The number of aliphatic hydroxyl groups is 1. The molecule has 3 rings (SSSR count). The van der Waals surface area contributed by atoms with Crippen molar-refractivity contribution < 1.29 is 27.5 Å². The molecule has 0 unspecified atom stereocenters. The SMILES string of the molecule is CC(C)(C)NC(=O)c1ccccc1C[C@@H](O)[C@H](Cc1ccccc1)NC(=O)[C@H](CSc1ccc(F)cc1)NS(C)(=O)=O. The van der Waals surface area contributed by atoms with E-state index in [1.54, 1.807) is 36.4 Å². The Hall–Kier alpha value is -3.25. The Morgan fingerprint density at radius 1 is 0.929 bits per heavy atom. The fourth-order valence-corrected chi connectivity index (χ4v) is 6.00. The molecule has 226 valence electrons. The number of carbonyl (C=O) groups is 2. The Balaban J connectivity index is 1.84. The van der Waals surface area contributed by atoms with Crippen LogP contribution in [0.15, 0.2) is 83.8 Å². The van der Waals surface area contributed by atoms with Crippen molar-refractivity contribution >= 4 is 33.6 Å². The lowest BCUT2D eigenvalue weighted by Crippen LogP contribution is -2.54. The van der Waals surface area contributed by atoms with E-state index in [9.17, 15) is 27.5 Å². The van der Waals surface area contributed by atoms with Crippen LogP contribution in [0, 0.1) is 5.82 Å². The number of amides is 2. The molecular weight excluding hydrogens is 577 g/mol. The third kappa shape index (κ3) is 11.2. The van der Waals surface area contributed by atoms with Crippen LogP contribution in [0.3, 0.4) is 0 Å². The van der Waals surface area contributed by atoms with Crippen LogP contribution >= 0.6 is 11.8 Å². The van der Waals surface area contributed by atoms with Gasteiger partial charge in [0.2, 0.25) is 15.9 Å². The van der Waals surface area contributed by atoms with Gasteiger partial charge in [0.25, 0.3) is 5.91 Å². The van der Waals surface area contributed by atoms with Crippen molar-refractivity contribution in [3.63, 3.8) is 0 Å². The summed E-state index contributed by atoms with van der Waals surface area (Å²) in [7, 11) is -3.76. The Morgan fingerprint density at radius 2 is 1.55 bits per heavy atom. The number of hydrogen-bond donors (Lipinski definition) is 4. The monoisotopic (exact) mass is 615 g/mol. The highest BCUT2D eigenvalue weighted by molar-refractivity contribution is 7.99. The molecule has 2 amide bonds. The van der Waals surface area contributed by atoms with Gasteiger partial charge in [0.1, 0.15) is 11.9 Å². The Morgan fingerprint density at radius 3 is 2.17 bits per heavy atom. The normalized spacial score (nSPS) is 14.0. The van der Waals surface area contributed by atoms with E-state index in [0.717, 1.165) is 11.8 Å². The minimum atomic E-state index is -3.76. The fraction of sp³-hybridized carbons (Fsp3) is 0.355. The number of thioether (sulfide) groups is 1. The second kappa shape index (κ2) is 14.8. The van der Waals surface area contributed by atoms with E-state index in [-0.39, 0.29) is 24.5 Å². The number of nitrogens with one attached hydrogen (secondary N) is 3. The molecule has 42 heavy (non-hydrogen) atoms. The van der Waals surface area contributed by atoms with Crippen LogP contribution < -0.4 is 15.4 Å². The van der Waals surface area contributed by atoms with Crippen LogP contribution in [-0.4, -0.2) is 61.1 Å². The number of sulfonamides is 1. The second-order valence-corrected chi connectivity index (χ2v) is 14.0. The first-order valence-corrected chi connectivity index (χ1v) is 16.4. The van der Waals surface area contributed by atoms with E-state index >= 15 is 0 Å². The molecule has 3 aromatic rings. The molecule has 0 radical (unpaired) electrons. The smallest absolute Gasteiger partial charge is 0.251 e. The first-order valence-electron chi connectivity index (χ1n) is 13.5. The predicted molar refractivity (Wildman–Crippen MR) is 164 cm³/mol. The van der Waals surface area contributed by atoms with E-state index in [1.165, 1.54) is 23.9 Å². The highest BCUT2D eigenvalue weighted by Gasteiger charge is 2.29. The summed E-state index contributed by atoms with van der Waals surface area (Å²) in [5, 5.41) is 17.2. The minimum absolute atomic E-state index is 0.0362. The zero-order valence-corrected chi connectivity index (χ0v) is 25.8. The second-order valence-electron chi connectivity index (χ2n) is 11.1. The third-order valence-corrected chi connectivity index (χ3v) is 7.99. The standard InChI is InChI=1S/C31H38FN3O5S2/c1-31(2,3)34-29(37)25-13-9-8-12-22(25)19-28(36)26(18-21-10-6-5-7-11-21)33-30(38)27(35-42(4,39)40)20-41-24-16-14-23(32)15-17-24/h5-17,26-28,35-36H,18-20H2,1-4H3,(H,33,38)(H,34,37)/t26-,27-,28+/m0/s1. The molecule has 0 aliphatic carbocycles. The zero-order valence-electron chi connectivity index (χ0n) is 24.1. The molecule has 0 saturated carbocycles. The first kappa shape index (κ1) is 33.3. The molecular formula is C31H38FN3O5S2. The maximum atomic E-state index is 13.5. The van der Waals surface area contributed by atoms with Gasteiger partial charge in [-0.25, -0.2) is 17.5 Å². The topological polar surface area (TPSA) is 125 Å². The van der Waals surface area contributed by atoms with Gasteiger partial charge in [-0.1, -0.05) is 48.5 Å². The van der Waals surface area contributed by atoms with E-state index in [1.807, 2.05) is 51.1 Å². The number of benzene rings is 3. The van der Waals surface area contributed by atoms with Crippen molar-refractivity contribution in [2.45, 2.75) is 62.2 Å². The largest absolute Gasteiger partial charge is 0.391 e. The minimum Gasteiger partial charge on any atom is -0.391 e. The summed E-state index contributed by atoms with van der Waals surface area (Å²) in [6, 6.07) is 20.0. The molecule has 0 aliphatic heterocycles. The molecule has 8 nitrogen and oxygen atoms in total. The van der Waals surface area contributed by atoms with Crippen LogP contribution in [0.2, 0.25) is 0 Å². The van der Waals surface area contributed by atoms with Crippen molar-refractivity contribution in [2.24, 2.45) is 0 Å². The number of rotatable bonds is 13. The van der Waals surface area contributed by atoms with E-state index in [0.29, 0.717) is 16.0 Å². The Kier molecular flexibility index (Phi) is 11.7. The number of halogens is 1. The third-order valence-electron chi connectivity index (χ3n) is 6.17. The van der Waals surface area contributed by atoms with Gasteiger partial charge in [-0.05, 0) is 68.7 Å². The average molecular weight is 616 g/mol. The van der Waals surface area contributed by atoms with Crippen LogP contribution in [0.1, 0.15) is 42.3 Å². The molecule has 0 heterocycles. The summed E-state index contributed by atoms with van der Waals surface area (Å²) >= 11 is 1.20. The summed E-state index contributed by atoms with van der Waals surface area (Å²) in [6.45, 7) is 5.63. The first-order chi connectivity index (χ1) is 19.7. The fourth-order valence-electron chi connectivity index (χ4n) is 4.26. The molecule has 3 atom stereocenters. The molecule has 3 aromatic carbocycles. The van der Waals surface area contributed by atoms with Crippen LogP contribution in [0.4, 0.5) is 4.39 Å². The average Bonchev–Trinajstić information content (AvgIpc) is 2.90. The number of carbonyl (C=O) groups excluding carboxylic acids is 2. The highest BCUT2D eigenvalue weighted by Crippen LogP contribution is 2.20. The number of hydrogen-bond acceptors (Lipinski definition) is 6. The van der Waals surface area contributed by atoms with Crippen molar-refractivity contribution in [3.8, 4) is 0 Å². The van der Waals surface area contributed by atoms with Gasteiger partial charge in [-0.3, -0.25) is 9.59 Å². The highest BCUT2D eigenvalue weighted by atomic mass is 32.2. The maximum Gasteiger partial charge on any atom is 0.251 e. The summed E-state index contributed by atoms with van der Waals surface area (Å²) in [5.41, 5.74) is 1.43. The van der Waals surface area contributed by atoms with Crippen LogP contribution in [0.25, 0.3) is 0 Å². The van der Waals surface area contributed by atoms with Crippen molar-refractivity contribution in [3.05, 3.63) is 101 Å². The molecule has 0 fully saturated rings. The van der Waals surface area contributed by atoms with E-state index in [4.69, 9.17) is 0 Å². The lowest BCUT2D eigenvalue weighted by atomic mass is 9.93. The summed E-state index contributed by atoms with van der Waals surface area (Å²) in [6.07, 6.45) is 0.188. The zero-order chi connectivity index (χ0) is 30.9. The Labute approximate surface area is 251 Å². The molecule has 11 heteroatoms. The van der Waals surface area contributed by atoms with Gasteiger partial charge >= 0.3 is 0 Å². The lowest BCUT2D eigenvalue weighted by Gasteiger charge is -2.28. The molecule has 0 aliphatic rings. The van der Waals surface area contributed by atoms with E-state index in [2.05, 4.69) is 15.4 Å². The van der Waals surface area contributed by atoms with Crippen LogP contribution in [-0.2, 0) is 27.7 Å². The van der Waals surface area contributed by atoms with Gasteiger partial charge in [-0.15, -0.1) is 11.8 Å². The number of aliphatic hydroxyl groups excluding tert-OH is 1. The molecule has 0 saturated heterocycles. The molecule has 0 spiro atoms. The van der Waals surface area contributed by atoms with Gasteiger partial charge < -0.3 is 15.7 Å². The van der Waals surface area contributed by atoms with Crippen molar-refractivity contribution in [1.29, 1.82) is 0 Å². The van der Waals surface area contributed by atoms with Crippen LogP contribution in [0.5, 0.6) is 0 Å². The summed E-state index contributed by atoms with van der Waals surface area (Å²) in [5.74, 6) is -1.26. The molecule has 0 bridgehead atoms. The van der Waals surface area contributed by atoms with E-state index < -0.39 is 45.5 Å². The predicted octanol–water partition coefficient (Wildman–Crippen LogP) is 3.70. The lowest BCUT2D eigenvalue weighted by molar-refractivity contribution is -0.123.